The van der Waals surface area contributed by atoms with Gasteiger partial charge in [-0.2, -0.15) is 0 Å². The Morgan fingerprint density at radius 1 is 1.41 bits per heavy atom. The van der Waals surface area contributed by atoms with Crippen LogP contribution in [0.4, 0.5) is 11.4 Å². The van der Waals surface area contributed by atoms with Gasteiger partial charge in [0.05, 0.1) is 0 Å². The zero-order chi connectivity index (χ0) is 13.2. The van der Waals surface area contributed by atoms with Crippen LogP contribution < -0.4 is 10.6 Å². The van der Waals surface area contributed by atoms with Crippen molar-refractivity contribution in [1.29, 1.82) is 0 Å². The summed E-state index contributed by atoms with van der Waals surface area (Å²) in [5.41, 5.74) is 8.32. The highest BCUT2D eigenvalue weighted by atomic mass is 32.2. The van der Waals surface area contributed by atoms with Gasteiger partial charge < -0.3 is 10.6 Å². The second-order valence-electron chi connectivity index (χ2n) is 4.26. The number of nitrogens with two attached hydrogens (primary N) is 1. The maximum absolute atomic E-state index is 11.6. The maximum Gasteiger partial charge on any atom is 0.168 e. The van der Waals surface area contributed by atoms with Crippen LogP contribution in [-0.4, -0.2) is 26.6 Å². The standard InChI is InChI=1S/C12H20N2O2S/c1-5-14(10(3)17(4,15)16)11-6-7-12(13)9(2)8-11/h6-8,10H,5,13H2,1-4H3. The van der Waals surface area contributed by atoms with Crippen molar-refractivity contribution in [2.45, 2.75) is 26.1 Å². The first-order chi connectivity index (χ1) is 7.77. The Kier molecular flexibility index (Phi) is 4.03. The Hall–Kier alpha value is -1.23. The van der Waals surface area contributed by atoms with Crippen molar-refractivity contribution in [3.05, 3.63) is 23.8 Å². The molecule has 0 aliphatic heterocycles. The van der Waals surface area contributed by atoms with Crippen LogP contribution in [0.2, 0.25) is 0 Å². The molecule has 96 valence electrons. The summed E-state index contributed by atoms with van der Waals surface area (Å²) in [6.45, 7) is 6.19. The minimum Gasteiger partial charge on any atom is -0.399 e. The highest BCUT2D eigenvalue weighted by molar-refractivity contribution is 7.91. The van der Waals surface area contributed by atoms with Gasteiger partial charge in [0.1, 0.15) is 5.37 Å². The molecule has 1 aromatic carbocycles. The van der Waals surface area contributed by atoms with Crippen molar-refractivity contribution in [2.75, 3.05) is 23.4 Å². The third kappa shape index (κ3) is 3.12. The van der Waals surface area contributed by atoms with E-state index in [-0.39, 0.29) is 0 Å². The smallest absolute Gasteiger partial charge is 0.168 e. The zero-order valence-corrected chi connectivity index (χ0v) is 11.6. The highest BCUT2D eigenvalue weighted by Crippen LogP contribution is 2.23. The summed E-state index contributed by atoms with van der Waals surface area (Å²) in [5, 5.41) is -0.532. The van der Waals surface area contributed by atoms with Crippen molar-refractivity contribution in [2.24, 2.45) is 0 Å². The SMILES string of the molecule is CCN(c1ccc(N)c(C)c1)C(C)S(C)(=O)=O. The Labute approximate surface area is 103 Å². The molecule has 0 saturated heterocycles. The Morgan fingerprint density at radius 2 is 2.00 bits per heavy atom. The number of rotatable bonds is 4. The van der Waals surface area contributed by atoms with Gasteiger partial charge in [0.25, 0.3) is 0 Å². The predicted molar refractivity (Wildman–Crippen MR) is 72.9 cm³/mol. The lowest BCUT2D eigenvalue weighted by molar-refractivity contribution is 0.584. The fraction of sp³-hybridized carbons (Fsp3) is 0.500. The third-order valence-corrected chi connectivity index (χ3v) is 4.48. The molecule has 1 rings (SSSR count). The van der Waals surface area contributed by atoms with Crippen LogP contribution in [0.5, 0.6) is 0 Å². The molecular weight excluding hydrogens is 236 g/mol. The van der Waals surface area contributed by atoms with E-state index in [0.29, 0.717) is 6.54 Å². The van der Waals surface area contributed by atoms with Gasteiger partial charge in [-0.15, -0.1) is 0 Å². The molecule has 4 nitrogen and oxygen atoms in total. The molecule has 0 bridgehead atoms. The molecule has 0 saturated carbocycles. The number of hydrogen-bond acceptors (Lipinski definition) is 4. The van der Waals surface area contributed by atoms with Crippen LogP contribution in [-0.2, 0) is 9.84 Å². The molecule has 5 heteroatoms. The second-order valence-corrected chi connectivity index (χ2v) is 6.60. The topological polar surface area (TPSA) is 63.4 Å². The quantitative estimate of drug-likeness (QED) is 0.834. The van der Waals surface area contributed by atoms with Crippen LogP contribution in [0.25, 0.3) is 0 Å². The first-order valence-corrected chi connectivity index (χ1v) is 7.54. The minimum atomic E-state index is -3.09. The van der Waals surface area contributed by atoms with E-state index in [2.05, 4.69) is 0 Å². The van der Waals surface area contributed by atoms with Gasteiger partial charge in [0.15, 0.2) is 9.84 Å². The highest BCUT2D eigenvalue weighted by Gasteiger charge is 2.22. The molecule has 1 unspecified atom stereocenters. The molecule has 0 heterocycles. The van der Waals surface area contributed by atoms with Gasteiger partial charge >= 0.3 is 0 Å². The van der Waals surface area contributed by atoms with Crippen molar-refractivity contribution in [3.8, 4) is 0 Å². The largest absolute Gasteiger partial charge is 0.399 e. The summed E-state index contributed by atoms with van der Waals surface area (Å²) in [7, 11) is -3.09. The van der Waals surface area contributed by atoms with E-state index in [1.54, 1.807) is 6.92 Å². The monoisotopic (exact) mass is 256 g/mol. The van der Waals surface area contributed by atoms with Crippen LogP contribution in [0.3, 0.4) is 0 Å². The molecule has 1 atom stereocenters. The van der Waals surface area contributed by atoms with Crippen LogP contribution in [0.1, 0.15) is 19.4 Å². The molecule has 0 aromatic heterocycles. The molecule has 1 aromatic rings. The average Bonchev–Trinajstić information content (AvgIpc) is 2.23. The summed E-state index contributed by atoms with van der Waals surface area (Å²) in [4.78, 5) is 1.85. The Bertz CT molecular complexity index is 497. The van der Waals surface area contributed by atoms with Crippen molar-refractivity contribution >= 4 is 21.2 Å². The number of benzene rings is 1. The lowest BCUT2D eigenvalue weighted by Gasteiger charge is -2.29. The molecule has 0 aliphatic carbocycles. The summed E-state index contributed by atoms with van der Waals surface area (Å²) < 4.78 is 23.2. The van der Waals surface area contributed by atoms with Crippen molar-refractivity contribution in [1.82, 2.24) is 0 Å². The maximum atomic E-state index is 11.6. The molecule has 0 spiro atoms. The van der Waals surface area contributed by atoms with Gasteiger partial charge in [-0.1, -0.05) is 0 Å². The van der Waals surface area contributed by atoms with Crippen molar-refractivity contribution in [3.63, 3.8) is 0 Å². The summed E-state index contributed by atoms with van der Waals surface area (Å²) >= 11 is 0. The van der Waals surface area contributed by atoms with E-state index in [4.69, 9.17) is 5.73 Å². The predicted octanol–water partition coefficient (Wildman–Crippen LogP) is 1.79. The van der Waals surface area contributed by atoms with E-state index >= 15 is 0 Å². The van der Waals surface area contributed by atoms with E-state index < -0.39 is 15.2 Å². The summed E-state index contributed by atoms with van der Waals surface area (Å²) in [6, 6.07) is 5.58. The molecule has 0 aliphatic rings. The minimum absolute atomic E-state index is 0.532. The van der Waals surface area contributed by atoms with Crippen molar-refractivity contribution < 1.29 is 8.42 Å². The van der Waals surface area contributed by atoms with Crippen LogP contribution in [0, 0.1) is 6.92 Å². The van der Waals surface area contributed by atoms with Gasteiger partial charge in [-0.3, -0.25) is 0 Å². The van der Waals surface area contributed by atoms with E-state index in [9.17, 15) is 8.42 Å². The average molecular weight is 256 g/mol. The number of anilines is 2. The third-order valence-electron chi connectivity index (χ3n) is 2.98. The lowest BCUT2D eigenvalue weighted by atomic mass is 10.1. The van der Waals surface area contributed by atoms with Gasteiger partial charge in [-0.05, 0) is 44.5 Å². The zero-order valence-electron chi connectivity index (χ0n) is 10.8. The van der Waals surface area contributed by atoms with Gasteiger partial charge in [0.2, 0.25) is 0 Å². The molecular formula is C12H20N2O2S. The second kappa shape index (κ2) is 4.96. The van der Waals surface area contributed by atoms with Crippen LogP contribution in [0.15, 0.2) is 18.2 Å². The number of sulfone groups is 1. The normalized spacial score (nSPS) is 13.4. The fourth-order valence-electron chi connectivity index (χ4n) is 1.72. The molecule has 2 N–H and O–H groups in total. The van der Waals surface area contributed by atoms with E-state index in [0.717, 1.165) is 16.9 Å². The van der Waals surface area contributed by atoms with Crippen LogP contribution >= 0.6 is 0 Å². The number of nitrogen functional groups attached to an aromatic ring is 1. The fourth-order valence-corrected chi connectivity index (χ4v) is 2.45. The summed E-state index contributed by atoms with van der Waals surface area (Å²) in [5.74, 6) is 0. The molecule has 0 radical (unpaired) electrons. The molecule has 0 amide bonds. The summed E-state index contributed by atoms with van der Waals surface area (Å²) in [6.07, 6.45) is 1.25. The number of nitrogens with zero attached hydrogens (tertiary/aromatic N) is 1. The Balaban J connectivity index is 3.14. The first kappa shape index (κ1) is 13.8. The van der Waals surface area contributed by atoms with E-state index in [1.807, 2.05) is 36.9 Å². The first-order valence-electron chi connectivity index (χ1n) is 5.59. The van der Waals surface area contributed by atoms with Gasteiger partial charge in [0, 0.05) is 24.2 Å². The number of hydrogen-bond donors (Lipinski definition) is 1. The molecule has 0 fully saturated rings. The lowest BCUT2D eigenvalue weighted by Crippen LogP contribution is -2.38. The Morgan fingerprint density at radius 3 is 2.41 bits per heavy atom. The molecule has 17 heavy (non-hydrogen) atoms. The van der Waals surface area contributed by atoms with E-state index in [1.165, 1.54) is 6.26 Å². The van der Waals surface area contributed by atoms with Gasteiger partial charge in [-0.25, -0.2) is 8.42 Å². The number of aryl methyl sites for hydroxylation is 1.